The van der Waals surface area contributed by atoms with E-state index in [1.165, 1.54) is 0 Å². The minimum absolute atomic E-state index is 0.125. The van der Waals surface area contributed by atoms with Crippen molar-refractivity contribution in [1.29, 1.82) is 0 Å². The van der Waals surface area contributed by atoms with Gasteiger partial charge in [-0.05, 0) is 43.3 Å². The average molecular weight is 449 g/mol. The summed E-state index contributed by atoms with van der Waals surface area (Å²) in [7, 11) is 0. The minimum atomic E-state index is -1.02. The van der Waals surface area contributed by atoms with Crippen molar-refractivity contribution in [3.63, 3.8) is 0 Å². The van der Waals surface area contributed by atoms with Gasteiger partial charge < -0.3 is 25.0 Å². The number of nitrogens with zero attached hydrogens (tertiary/aromatic N) is 3. The van der Waals surface area contributed by atoms with Crippen LogP contribution in [-0.2, 0) is 4.79 Å². The zero-order chi connectivity index (χ0) is 23.4. The van der Waals surface area contributed by atoms with Gasteiger partial charge >= 0.3 is 5.97 Å². The average Bonchev–Trinajstić information content (AvgIpc) is 2.84. The molecule has 1 aliphatic heterocycles. The van der Waals surface area contributed by atoms with E-state index in [0.29, 0.717) is 48.5 Å². The van der Waals surface area contributed by atoms with Crippen LogP contribution >= 0.6 is 0 Å². The first-order chi connectivity index (χ1) is 16.0. The Bertz CT molecular complexity index is 1170. The van der Waals surface area contributed by atoms with Gasteiger partial charge in [-0.3, -0.25) is 4.79 Å². The number of aromatic carboxylic acids is 1. The molecule has 0 atom stereocenters. The van der Waals surface area contributed by atoms with Gasteiger partial charge in [0.1, 0.15) is 11.6 Å². The number of aromatic nitrogens is 1. The van der Waals surface area contributed by atoms with Crippen LogP contribution in [0.5, 0.6) is 5.75 Å². The molecule has 2 N–H and O–H groups in total. The Morgan fingerprint density at radius 2 is 1.76 bits per heavy atom. The monoisotopic (exact) mass is 448 g/mol. The Morgan fingerprint density at radius 3 is 2.45 bits per heavy atom. The van der Waals surface area contributed by atoms with Crippen molar-refractivity contribution in [3.05, 3.63) is 54.1 Å². The molecule has 2 aromatic carbocycles. The molecule has 0 unspecified atom stereocenters. The van der Waals surface area contributed by atoms with Gasteiger partial charge in [0.05, 0.1) is 23.4 Å². The number of hydrogen-bond acceptors (Lipinski definition) is 6. The smallest absolute Gasteiger partial charge is 0.336 e. The molecule has 1 amide bonds. The molecule has 2 heterocycles. The number of carboxylic acid groups (broad SMARTS) is 1. The van der Waals surface area contributed by atoms with Crippen LogP contribution in [0.15, 0.2) is 48.5 Å². The first-order valence-electron chi connectivity index (χ1n) is 11.2. The highest BCUT2D eigenvalue weighted by atomic mass is 16.5. The molecule has 0 spiro atoms. The van der Waals surface area contributed by atoms with Crippen LogP contribution in [0, 0.1) is 0 Å². The van der Waals surface area contributed by atoms with E-state index in [4.69, 9.17) is 9.72 Å². The molecule has 1 saturated heterocycles. The molecule has 172 valence electrons. The standard InChI is InChI=1S/C25H28N4O4/c1-3-24(30)26-17-9-10-20-18(15-17)19(25(31)32)16-23(27-20)29-13-11-28(12-14-29)21-7-5-6-8-22(21)33-4-2/h5-10,15-16H,3-4,11-14H2,1-2H3,(H,26,30)(H,31,32). The molecule has 1 fully saturated rings. The van der Waals surface area contributed by atoms with Gasteiger partial charge in [0, 0.05) is 43.7 Å². The zero-order valence-electron chi connectivity index (χ0n) is 18.9. The third kappa shape index (κ3) is 4.84. The van der Waals surface area contributed by atoms with Crippen molar-refractivity contribution >= 4 is 40.0 Å². The Kier molecular flexibility index (Phi) is 6.63. The van der Waals surface area contributed by atoms with E-state index in [1.807, 2.05) is 25.1 Å². The minimum Gasteiger partial charge on any atom is -0.492 e. The molecule has 8 nitrogen and oxygen atoms in total. The summed E-state index contributed by atoms with van der Waals surface area (Å²) in [6, 6.07) is 14.8. The molecule has 0 aliphatic carbocycles. The van der Waals surface area contributed by atoms with Crippen LogP contribution in [0.3, 0.4) is 0 Å². The van der Waals surface area contributed by atoms with Crippen LogP contribution in [0.1, 0.15) is 30.6 Å². The lowest BCUT2D eigenvalue weighted by atomic mass is 10.1. The van der Waals surface area contributed by atoms with Crippen molar-refractivity contribution in [2.75, 3.05) is 47.9 Å². The predicted octanol–water partition coefficient (Wildman–Crippen LogP) is 4.01. The van der Waals surface area contributed by atoms with Crippen LogP contribution < -0.4 is 19.9 Å². The number of pyridine rings is 1. The van der Waals surface area contributed by atoms with Gasteiger partial charge in [-0.25, -0.2) is 9.78 Å². The molecule has 33 heavy (non-hydrogen) atoms. The lowest BCUT2D eigenvalue weighted by molar-refractivity contribution is -0.115. The van der Waals surface area contributed by atoms with Crippen LogP contribution in [0.4, 0.5) is 17.2 Å². The summed E-state index contributed by atoms with van der Waals surface area (Å²) in [6.45, 7) is 7.32. The highest BCUT2D eigenvalue weighted by Gasteiger charge is 2.22. The maximum atomic E-state index is 12.0. The lowest BCUT2D eigenvalue weighted by Crippen LogP contribution is -2.47. The quantitative estimate of drug-likeness (QED) is 0.564. The lowest BCUT2D eigenvalue weighted by Gasteiger charge is -2.37. The fourth-order valence-electron chi connectivity index (χ4n) is 4.05. The molecule has 1 aromatic heterocycles. The highest BCUT2D eigenvalue weighted by Crippen LogP contribution is 2.31. The molecule has 0 bridgehead atoms. The largest absolute Gasteiger partial charge is 0.492 e. The number of anilines is 3. The Morgan fingerprint density at radius 1 is 1.03 bits per heavy atom. The number of carbonyl (C=O) groups is 2. The number of fused-ring (bicyclic) bond motifs is 1. The Balaban J connectivity index is 1.57. The van der Waals surface area contributed by atoms with Gasteiger partial charge in [0.2, 0.25) is 5.91 Å². The van der Waals surface area contributed by atoms with Crippen molar-refractivity contribution in [2.24, 2.45) is 0 Å². The number of piperazine rings is 1. The van der Waals surface area contributed by atoms with E-state index in [1.54, 1.807) is 31.2 Å². The van der Waals surface area contributed by atoms with E-state index < -0.39 is 5.97 Å². The molecule has 1 aliphatic rings. The Hall–Kier alpha value is -3.81. The normalized spacial score (nSPS) is 13.8. The van der Waals surface area contributed by atoms with E-state index in [-0.39, 0.29) is 11.5 Å². The molecular weight excluding hydrogens is 420 g/mol. The van der Waals surface area contributed by atoms with Crippen molar-refractivity contribution in [1.82, 2.24) is 4.98 Å². The summed E-state index contributed by atoms with van der Waals surface area (Å²) in [4.78, 5) is 32.9. The maximum absolute atomic E-state index is 12.0. The SMILES string of the molecule is CCOc1ccccc1N1CCN(c2cc(C(=O)O)c3cc(NC(=O)CC)ccc3n2)CC1. The van der Waals surface area contributed by atoms with Crippen LogP contribution in [-0.4, -0.2) is 54.8 Å². The van der Waals surface area contributed by atoms with Crippen molar-refractivity contribution in [3.8, 4) is 5.75 Å². The fraction of sp³-hybridized carbons (Fsp3) is 0.320. The second-order valence-electron chi connectivity index (χ2n) is 7.84. The second-order valence-corrected chi connectivity index (χ2v) is 7.84. The Labute approximate surface area is 192 Å². The number of nitrogens with one attached hydrogen (secondary N) is 1. The van der Waals surface area contributed by atoms with Gasteiger partial charge in [0.25, 0.3) is 0 Å². The van der Waals surface area contributed by atoms with Crippen molar-refractivity contribution < 1.29 is 19.4 Å². The molecule has 4 rings (SSSR count). The van der Waals surface area contributed by atoms with Gasteiger partial charge in [-0.1, -0.05) is 19.1 Å². The topological polar surface area (TPSA) is 95.0 Å². The predicted molar refractivity (Wildman–Crippen MR) is 130 cm³/mol. The van der Waals surface area contributed by atoms with E-state index in [0.717, 1.165) is 24.5 Å². The number of para-hydroxylation sites is 2. The number of amides is 1. The number of carboxylic acids is 1. The third-order valence-corrected chi connectivity index (χ3v) is 5.74. The summed E-state index contributed by atoms with van der Waals surface area (Å²) in [5.74, 6) is 0.367. The number of ether oxygens (including phenoxy) is 1. The van der Waals surface area contributed by atoms with E-state index >= 15 is 0 Å². The van der Waals surface area contributed by atoms with Gasteiger partial charge in [0.15, 0.2) is 0 Å². The molecular formula is C25H28N4O4. The van der Waals surface area contributed by atoms with Crippen LogP contribution in [0.25, 0.3) is 10.9 Å². The molecule has 0 saturated carbocycles. The molecule has 3 aromatic rings. The first-order valence-corrected chi connectivity index (χ1v) is 11.2. The fourth-order valence-corrected chi connectivity index (χ4v) is 4.05. The number of hydrogen-bond donors (Lipinski definition) is 2. The van der Waals surface area contributed by atoms with E-state index in [9.17, 15) is 14.7 Å². The van der Waals surface area contributed by atoms with Gasteiger partial charge in [-0.2, -0.15) is 0 Å². The first kappa shape index (κ1) is 22.4. The van der Waals surface area contributed by atoms with Crippen LogP contribution in [0.2, 0.25) is 0 Å². The maximum Gasteiger partial charge on any atom is 0.336 e. The zero-order valence-corrected chi connectivity index (χ0v) is 18.9. The van der Waals surface area contributed by atoms with Crippen molar-refractivity contribution in [2.45, 2.75) is 20.3 Å². The summed E-state index contributed by atoms with van der Waals surface area (Å²) in [5, 5.41) is 13.1. The summed E-state index contributed by atoms with van der Waals surface area (Å²) in [6.07, 6.45) is 0.349. The summed E-state index contributed by atoms with van der Waals surface area (Å²) < 4.78 is 5.77. The summed E-state index contributed by atoms with van der Waals surface area (Å²) in [5.41, 5.74) is 2.39. The van der Waals surface area contributed by atoms with Gasteiger partial charge in [-0.15, -0.1) is 0 Å². The highest BCUT2D eigenvalue weighted by molar-refractivity contribution is 6.05. The summed E-state index contributed by atoms with van der Waals surface area (Å²) >= 11 is 0. The van der Waals surface area contributed by atoms with E-state index in [2.05, 4.69) is 21.2 Å². The molecule has 8 heteroatoms. The number of carbonyl (C=O) groups excluding carboxylic acids is 1. The molecule has 0 radical (unpaired) electrons. The number of benzene rings is 2. The third-order valence-electron chi connectivity index (χ3n) is 5.74. The second kappa shape index (κ2) is 9.77. The number of rotatable bonds is 7.